The van der Waals surface area contributed by atoms with Crippen molar-refractivity contribution in [2.45, 2.75) is 58.7 Å². The molecule has 1 aromatic heterocycles. The highest BCUT2D eigenvalue weighted by Gasteiger charge is 2.25. The SMILES string of the molecule is CCNC(=NCCc1csc(C)n1)NC1CCN(Cc2ccccc2)C(C)C1.I. The van der Waals surface area contributed by atoms with Crippen molar-refractivity contribution >= 4 is 41.3 Å². The van der Waals surface area contributed by atoms with Gasteiger partial charge in [-0.25, -0.2) is 4.98 Å². The molecule has 2 aromatic rings. The van der Waals surface area contributed by atoms with Crippen LogP contribution >= 0.6 is 35.3 Å². The van der Waals surface area contributed by atoms with Gasteiger partial charge in [-0.05, 0) is 39.2 Å². The number of benzene rings is 1. The fraction of sp³-hybridized carbons (Fsp3) is 0.545. The first-order chi connectivity index (χ1) is 13.6. The molecule has 7 heteroatoms. The zero-order chi connectivity index (χ0) is 19.8. The van der Waals surface area contributed by atoms with E-state index in [1.54, 1.807) is 11.3 Å². The van der Waals surface area contributed by atoms with Crippen LogP contribution in [0, 0.1) is 6.92 Å². The molecule has 0 radical (unpaired) electrons. The van der Waals surface area contributed by atoms with Crippen LogP contribution in [0.5, 0.6) is 0 Å². The highest BCUT2D eigenvalue weighted by molar-refractivity contribution is 14.0. The standard InChI is InChI=1S/C22H33N5S.HI/c1-4-23-22(24-12-10-21-16-28-18(3)25-21)26-20-11-13-27(17(2)14-20)15-19-8-6-5-7-9-19;/h5-9,16-17,20H,4,10-15H2,1-3H3,(H2,23,24,26);1H. The molecule has 0 amide bonds. The maximum atomic E-state index is 4.77. The fourth-order valence-corrected chi connectivity index (χ4v) is 4.37. The van der Waals surface area contributed by atoms with Gasteiger partial charge in [0.25, 0.3) is 0 Å². The smallest absolute Gasteiger partial charge is 0.191 e. The molecule has 5 nitrogen and oxygen atoms in total. The van der Waals surface area contributed by atoms with Crippen LogP contribution in [0.2, 0.25) is 0 Å². The number of nitrogens with zero attached hydrogens (tertiary/aromatic N) is 3. The fourth-order valence-electron chi connectivity index (χ4n) is 3.72. The minimum Gasteiger partial charge on any atom is -0.357 e. The summed E-state index contributed by atoms with van der Waals surface area (Å²) in [5, 5.41) is 10.3. The number of aryl methyl sites for hydroxylation is 1. The number of guanidine groups is 1. The van der Waals surface area contributed by atoms with E-state index in [0.29, 0.717) is 12.1 Å². The van der Waals surface area contributed by atoms with Crippen LogP contribution < -0.4 is 10.6 Å². The number of rotatable bonds is 7. The summed E-state index contributed by atoms with van der Waals surface area (Å²) in [5.74, 6) is 0.933. The summed E-state index contributed by atoms with van der Waals surface area (Å²) >= 11 is 1.71. The molecule has 2 atom stereocenters. The van der Waals surface area contributed by atoms with Crippen molar-refractivity contribution in [3.05, 3.63) is 52.0 Å². The largest absolute Gasteiger partial charge is 0.357 e. The van der Waals surface area contributed by atoms with Gasteiger partial charge in [-0.2, -0.15) is 0 Å². The van der Waals surface area contributed by atoms with Gasteiger partial charge < -0.3 is 10.6 Å². The molecule has 160 valence electrons. The lowest BCUT2D eigenvalue weighted by molar-refractivity contribution is 0.134. The first kappa shape index (κ1) is 24.1. The summed E-state index contributed by atoms with van der Waals surface area (Å²) in [6.45, 7) is 10.3. The quantitative estimate of drug-likeness (QED) is 0.322. The molecule has 0 saturated carbocycles. The predicted molar refractivity (Wildman–Crippen MR) is 134 cm³/mol. The Balaban J connectivity index is 0.00000300. The van der Waals surface area contributed by atoms with Gasteiger partial charge in [-0.3, -0.25) is 9.89 Å². The molecular formula is C22H34IN5S. The summed E-state index contributed by atoms with van der Waals surface area (Å²) in [5.41, 5.74) is 2.54. The van der Waals surface area contributed by atoms with Crippen molar-refractivity contribution in [3.8, 4) is 0 Å². The van der Waals surface area contributed by atoms with Gasteiger partial charge in [-0.1, -0.05) is 30.3 Å². The molecule has 0 aliphatic carbocycles. The number of halogens is 1. The number of hydrogen-bond acceptors (Lipinski definition) is 4. The third-order valence-electron chi connectivity index (χ3n) is 5.23. The van der Waals surface area contributed by atoms with Crippen LogP contribution in [0.4, 0.5) is 0 Å². The summed E-state index contributed by atoms with van der Waals surface area (Å²) in [7, 11) is 0. The Morgan fingerprint density at radius 2 is 2.10 bits per heavy atom. The second-order valence-corrected chi connectivity index (χ2v) is 8.60. The Kier molecular flexibility index (Phi) is 10.4. The molecular weight excluding hydrogens is 493 g/mol. The van der Waals surface area contributed by atoms with E-state index in [9.17, 15) is 0 Å². The first-order valence-corrected chi connectivity index (χ1v) is 11.3. The molecule has 1 aliphatic rings. The first-order valence-electron chi connectivity index (χ1n) is 10.4. The van der Waals surface area contributed by atoms with E-state index in [-0.39, 0.29) is 24.0 Å². The van der Waals surface area contributed by atoms with Crippen LogP contribution in [-0.4, -0.2) is 47.6 Å². The second-order valence-electron chi connectivity index (χ2n) is 7.54. The van der Waals surface area contributed by atoms with Crippen molar-refractivity contribution in [2.75, 3.05) is 19.6 Å². The van der Waals surface area contributed by atoms with Crippen LogP contribution in [0.15, 0.2) is 40.7 Å². The lowest BCUT2D eigenvalue weighted by atomic mass is 9.97. The third-order valence-corrected chi connectivity index (χ3v) is 6.05. The van der Waals surface area contributed by atoms with Crippen molar-refractivity contribution in [1.29, 1.82) is 0 Å². The average Bonchev–Trinajstić information content (AvgIpc) is 3.10. The summed E-state index contributed by atoms with van der Waals surface area (Å²) in [6, 6.07) is 11.8. The highest BCUT2D eigenvalue weighted by Crippen LogP contribution is 2.20. The topological polar surface area (TPSA) is 52.6 Å². The molecule has 0 bridgehead atoms. The minimum atomic E-state index is 0. The average molecular weight is 528 g/mol. The van der Waals surface area contributed by atoms with E-state index in [0.717, 1.165) is 62.1 Å². The number of hydrogen-bond donors (Lipinski definition) is 2. The maximum absolute atomic E-state index is 4.77. The summed E-state index contributed by atoms with van der Waals surface area (Å²) in [6.07, 6.45) is 3.18. The van der Waals surface area contributed by atoms with Gasteiger partial charge in [0.2, 0.25) is 0 Å². The minimum absolute atomic E-state index is 0. The second kappa shape index (κ2) is 12.5. The van der Waals surface area contributed by atoms with Gasteiger partial charge in [0, 0.05) is 50.1 Å². The van der Waals surface area contributed by atoms with E-state index in [2.05, 4.69) is 70.1 Å². The molecule has 1 saturated heterocycles. The highest BCUT2D eigenvalue weighted by atomic mass is 127. The van der Waals surface area contributed by atoms with Gasteiger partial charge in [-0.15, -0.1) is 35.3 Å². The lowest BCUT2D eigenvalue weighted by Gasteiger charge is -2.38. The Bertz CT molecular complexity index is 749. The van der Waals surface area contributed by atoms with Gasteiger partial charge in [0.05, 0.1) is 10.7 Å². The zero-order valence-electron chi connectivity index (χ0n) is 17.7. The van der Waals surface area contributed by atoms with Crippen molar-refractivity contribution in [1.82, 2.24) is 20.5 Å². The molecule has 2 N–H and O–H groups in total. The number of thiazole rings is 1. The van der Waals surface area contributed by atoms with E-state index < -0.39 is 0 Å². The zero-order valence-corrected chi connectivity index (χ0v) is 20.9. The lowest BCUT2D eigenvalue weighted by Crippen LogP contribution is -2.51. The van der Waals surface area contributed by atoms with Gasteiger partial charge >= 0.3 is 0 Å². The monoisotopic (exact) mass is 527 g/mol. The number of nitrogens with one attached hydrogen (secondary N) is 2. The molecule has 2 unspecified atom stereocenters. The van der Waals surface area contributed by atoms with E-state index in [1.807, 2.05) is 6.92 Å². The summed E-state index contributed by atoms with van der Waals surface area (Å²) in [4.78, 5) is 11.9. The Hall–Kier alpha value is -1.19. The third kappa shape index (κ3) is 7.86. The molecule has 3 rings (SSSR count). The summed E-state index contributed by atoms with van der Waals surface area (Å²) < 4.78 is 0. The molecule has 1 fully saturated rings. The Labute approximate surface area is 196 Å². The van der Waals surface area contributed by atoms with Crippen LogP contribution in [-0.2, 0) is 13.0 Å². The van der Waals surface area contributed by atoms with Crippen LogP contribution in [0.1, 0.15) is 43.0 Å². The van der Waals surface area contributed by atoms with E-state index in [4.69, 9.17) is 4.99 Å². The van der Waals surface area contributed by atoms with E-state index in [1.165, 1.54) is 5.56 Å². The van der Waals surface area contributed by atoms with Gasteiger partial charge in [0.15, 0.2) is 5.96 Å². The number of likely N-dealkylation sites (tertiary alicyclic amines) is 1. The normalized spacial score (nSPS) is 20.2. The number of piperidine rings is 1. The van der Waals surface area contributed by atoms with Crippen LogP contribution in [0.3, 0.4) is 0 Å². The molecule has 0 spiro atoms. The Morgan fingerprint density at radius 1 is 1.31 bits per heavy atom. The Morgan fingerprint density at radius 3 is 2.76 bits per heavy atom. The van der Waals surface area contributed by atoms with Crippen molar-refractivity contribution in [2.24, 2.45) is 4.99 Å². The molecule has 29 heavy (non-hydrogen) atoms. The van der Waals surface area contributed by atoms with Crippen molar-refractivity contribution in [3.63, 3.8) is 0 Å². The van der Waals surface area contributed by atoms with E-state index >= 15 is 0 Å². The molecule has 1 aliphatic heterocycles. The predicted octanol–water partition coefficient (Wildman–Crippen LogP) is 4.22. The van der Waals surface area contributed by atoms with Crippen LogP contribution in [0.25, 0.3) is 0 Å². The number of aromatic nitrogens is 1. The molecule has 2 heterocycles. The molecule has 1 aromatic carbocycles. The maximum Gasteiger partial charge on any atom is 0.191 e. The van der Waals surface area contributed by atoms with Gasteiger partial charge in [0.1, 0.15) is 0 Å². The van der Waals surface area contributed by atoms with Crippen molar-refractivity contribution < 1.29 is 0 Å². The number of aliphatic imine (C=N–C) groups is 1.